The first kappa shape index (κ1) is 68.6. The predicted molar refractivity (Wildman–Crippen MR) is 316 cm³/mol. The van der Waals surface area contributed by atoms with Gasteiger partial charge in [0.2, 0.25) is 0 Å². The Kier molecular flexibility index (Phi) is 56.4. The van der Waals surface area contributed by atoms with Crippen LogP contribution in [0.5, 0.6) is 0 Å². The molecule has 0 aromatic heterocycles. The number of rotatable bonds is 52. The molecule has 0 amide bonds. The van der Waals surface area contributed by atoms with Crippen molar-refractivity contribution in [2.75, 3.05) is 13.2 Å². The zero-order chi connectivity index (χ0) is 52.9. The molecule has 0 rings (SSSR count). The Labute approximate surface area is 449 Å². The van der Waals surface area contributed by atoms with E-state index in [-0.39, 0.29) is 38.0 Å². The summed E-state index contributed by atoms with van der Waals surface area (Å²) < 4.78 is 16.7. The molecule has 0 aliphatic carbocycles. The lowest BCUT2D eigenvalue weighted by molar-refractivity contribution is -0.166. The summed E-state index contributed by atoms with van der Waals surface area (Å²) in [6.45, 7) is 6.29. The van der Waals surface area contributed by atoms with Crippen molar-refractivity contribution in [3.63, 3.8) is 0 Å². The minimum absolute atomic E-state index is 0.114. The van der Waals surface area contributed by atoms with Gasteiger partial charge in [0.05, 0.1) is 6.42 Å². The second-order valence-electron chi connectivity index (χ2n) is 19.2. The van der Waals surface area contributed by atoms with Crippen LogP contribution in [-0.4, -0.2) is 37.2 Å². The van der Waals surface area contributed by atoms with E-state index in [0.717, 1.165) is 103 Å². The van der Waals surface area contributed by atoms with Crippen LogP contribution in [0.3, 0.4) is 0 Å². The summed E-state index contributed by atoms with van der Waals surface area (Å²) in [4.78, 5) is 38.1. The van der Waals surface area contributed by atoms with Crippen LogP contribution in [0.4, 0.5) is 0 Å². The van der Waals surface area contributed by atoms with Crippen molar-refractivity contribution >= 4 is 17.9 Å². The molecule has 0 N–H and O–H groups in total. The van der Waals surface area contributed by atoms with Crippen LogP contribution < -0.4 is 0 Å². The normalized spacial score (nSPS) is 13.1. The van der Waals surface area contributed by atoms with Crippen molar-refractivity contribution in [2.24, 2.45) is 0 Å². The van der Waals surface area contributed by atoms with E-state index in [1.807, 2.05) is 6.08 Å². The second kappa shape index (κ2) is 60.1. The average Bonchev–Trinajstić information content (AvgIpc) is 3.39. The van der Waals surface area contributed by atoms with Gasteiger partial charge in [-0.15, -0.1) is 0 Å². The fourth-order valence-electron chi connectivity index (χ4n) is 7.77. The largest absolute Gasteiger partial charge is 0.462 e. The van der Waals surface area contributed by atoms with Crippen molar-refractivity contribution in [3.05, 3.63) is 134 Å². The number of ether oxygens (including phenoxy) is 3. The van der Waals surface area contributed by atoms with Gasteiger partial charge < -0.3 is 14.2 Å². The Bertz CT molecular complexity index is 1580. The Morgan fingerprint density at radius 3 is 0.986 bits per heavy atom. The maximum atomic E-state index is 12.9. The molecule has 6 nitrogen and oxygen atoms in total. The molecule has 0 saturated carbocycles. The van der Waals surface area contributed by atoms with Crippen LogP contribution in [0.1, 0.15) is 252 Å². The molecule has 0 fully saturated rings. The van der Waals surface area contributed by atoms with E-state index < -0.39 is 12.1 Å². The van der Waals surface area contributed by atoms with Gasteiger partial charge in [0.15, 0.2) is 6.10 Å². The summed E-state index contributed by atoms with van der Waals surface area (Å²) in [7, 11) is 0. The quantitative estimate of drug-likeness (QED) is 0.0261. The van der Waals surface area contributed by atoms with Gasteiger partial charge in [-0.05, 0) is 116 Å². The minimum atomic E-state index is -0.842. The number of carbonyl (C=O) groups is 3. The van der Waals surface area contributed by atoms with E-state index in [1.165, 1.54) is 103 Å². The van der Waals surface area contributed by atoms with E-state index in [9.17, 15) is 14.4 Å². The van der Waals surface area contributed by atoms with Gasteiger partial charge >= 0.3 is 17.9 Å². The maximum absolute atomic E-state index is 12.9. The van der Waals surface area contributed by atoms with E-state index in [0.29, 0.717) is 12.8 Å². The lowest BCUT2D eigenvalue weighted by atomic mass is 10.1. The molecular formula is C67H108O6. The van der Waals surface area contributed by atoms with Crippen LogP contribution in [0, 0.1) is 0 Å². The van der Waals surface area contributed by atoms with Gasteiger partial charge in [0, 0.05) is 12.8 Å². The van der Waals surface area contributed by atoms with Gasteiger partial charge in [-0.3, -0.25) is 14.4 Å². The molecule has 0 bridgehead atoms. The molecule has 0 aromatic carbocycles. The lowest BCUT2D eigenvalue weighted by Gasteiger charge is -2.18. The monoisotopic (exact) mass is 1010 g/mol. The molecule has 0 saturated heterocycles. The lowest BCUT2D eigenvalue weighted by Crippen LogP contribution is -2.30. The van der Waals surface area contributed by atoms with Crippen molar-refractivity contribution in [3.8, 4) is 0 Å². The molecule has 1 unspecified atom stereocenters. The van der Waals surface area contributed by atoms with Crippen molar-refractivity contribution in [1.82, 2.24) is 0 Å². The Morgan fingerprint density at radius 1 is 0.301 bits per heavy atom. The molecule has 0 radical (unpaired) electrons. The number of unbranched alkanes of at least 4 members (excludes halogenated alkanes) is 20. The molecule has 0 aromatic rings. The summed E-state index contributed by atoms with van der Waals surface area (Å²) in [5, 5.41) is 0. The standard InChI is InChI=1S/C67H108O6/c1-4-7-10-13-16-19-22-25-28-30-32-33-35-36-39-42-45-48-51-54-57-60-66(69)72-63-64(62-71-65(68)59-56-53-50-47-44-41-38-27-24-21-18-15-12-9-6-3)73-67(70)61-58-55-52-49-46-43-40-37-34-31-29-26-23-20-17-14-11-8-5-2/h8-9,11-12,17-18,20-21,26-27,29-30,32,34,37-38,43-44,46-47,53,56,64H,4-7,10,13-16,19,22-25,28,31,33,35-36,39-42,45,48-52,54-55,57-63H2,1-3H3/b11-8-,12-9-,20-17-,21-18-,29-26-,32-30-,37-34-,38-27-,46-43-,47-44-,56-53-. The van der Waals surface area contributed by atoms with Gasteiger partial charge in [-0.25, -0.2) is 0 Å². The maximum Gasteiger partial charge on any atom is 0.309 e. The number of esters is 3. The summed E-state index contributed by atoms with van der Waals surface area (Å²) in [5.41, 5.74) is 0. The molecule has 0 aliphatic rings. The topological polar surface area (TPSA) is 78.9 Å². The van der Waals surface area contributed by atoms with Crippen molar-refractivity contribution in [2.45, 2.75) is 258 Å². The van der Waals surface area contributed by atoms with E-state index >= 15 is 0 Å². The zero-order valence-electron chi connectivity index (χ0n) is 47.1. The first-order chi connectivity index (χ1) is 36.0. The Morgan fingerprint density at radius 2 is 0.589 bits per heavy atom. The minimum Gasteiger partial charge on any atom is -0.462 e. The predicted octanol–water partition coefficient (Wildman–Crippen LogP) is 20.2. The number of carbonyl (C=O) groups excluding carboxylic acids is 3. The number of allylic oxidation sites excluding steroid dienone is 21. The second-order valence-corrected chi connectivity index (χ2v) is 19.2. The number of hydrogen-bond donors (Lipinski definition) is 0. The van der Waals surface area contributed by atoms with Crippen LogP contribution in [0.2, 0.25) is 0 Å². The van der Waals surface area contributed by atoms with E-state index in [2.05, 4.69) is 142 Å². The van der Waals surface area contributed by atoms with Crippen molar-refractivity contribution < 1.29 is 28.6 Å². The van der Waals surface area contributed by atoms with Gasteiger partial charge in [-0.1, -0.05) is 251 Å². The highest BCUT2D eigenvalue weighted by Gasteiger charge is 2.19. The summed E-state index contributed by atoms with van der Waals surface area (Å²) >= 11 is 0. The van der Waals surface area contributed by atoms with Crippen LogP contribution in [0.25, 0.3) is 0 Å². The third-order valence-corrected chi connectivity index (χ3v) is 12.2. The fraction of sp³-hybridized carbons (Fsp3) is 0.627. The van der Waals surface area contributed by atoms with Gasteiger partial charge in [0.25, 0.3) is 0 Å². The molecule has 73 heavy (non-hydrogen) atoms. The molecule has 0 aliphatic heterocycles. The van der Waals surface area contributed by atoms with E-state index in [1.54, 1.807) is 6.08 Å². The summed E-state index contributed by atoms with van der Waals surface area (Å²) in [5.74, 6) is -1.10. The fourth-order valence-corrected chi connectivity index (χ4v) is 7.77. The Balaban J connectivity index is 4.53. The van der Waals surface area contributed by atoms with Gasteiger partial charge in [0.1, 0.15) is 13.2 Å². The molecule has 6 heteroatoms. The van der Waals surface area contributed by atoms with Gasteiger partial charge in [-0.2, -0.15) is 0 Å². The third-order valence-electron chi connectivity index (χ3n) is 12.2. The first-order valence-corrected chi connectivity index (χ1v) is 29.7. The highest BCUT2D eigenvalue weighted by Crippen LogP contribution is 2.14. The van der Waals surface area contributed by atoms with Crippen LogP contribution in [-0.2, 0) is 28.6 Å². The molecule has 0 spiro atoms. The zero-order valence-corrected chi connectivity index (χ0v) is 47.1. The van der Waals surface area contributed by atoms with E-state index in [4.69, 9.17) is 14.2 Å². The van der Waals surface area contributed by atoms with Crippen LogP contribution in [0.15, 0.2) is 134 Å². The molecule has 0 heterocycles. The summed E-state index contributed by atoms with van der Waals surface area (Å²) in [6, 6.07) is 0. The number of hydrogen-bond acceptors (Lipinski definition) is 6. The third kappa shape index (κ3) is 58.3. The average molecular weight is 1010 g/mol. The summed E-state index contributed by atoms with van der Waals surface area (Å²) in [6.07, 6.45) is 84.7. The highest BCUT2D eigenvalue weighted by atomic mass is 16.6. The SMILES string of the molecule is CC/C=C\C/C=C\C/C=C\C/C=C\C/C=C\CCCCCC(=O)OC(COC(=O)C/C=C\C/C=C\C/C=C\C/C=C\C/C=C\CC)COC(=O)CCCCCCCCCCC/C=C\CCCCCCCCCC. The Hall–Kier alpha value is -4.45. The smallest absolute Gasteiger partial charge is 0.309 e. The molecule has 1 atom stereocenters. The molecule has 412 valence electrons. The van der Waals surface area contributed by atoms with Crippen LogP contribution >= 0.6 is 0 Å². The van der Waals surface area contributed by atoms with Crippen molar-refractivity contribution in [1.29, 1.82) is 0 Å². The molecular weight excluding hydrogens is 901 g/mol. The first-order valence-electron chi connectivity index (χ1n) is 29.7. The highest BCUT2D eigenvalue weighted by molar-refractivity contribution is 5.72.